The van der Waals surface area contributed by atoms with Crippen LogP contribution in [0.2, 0.25) is 5.02 Å². The lowest BCUT2D eigenvalue weighted by atomic mass is 9.68. The highest BCUT2D eigenvalue weighted by Gasteiger charge is 2.35. The van der Waals surface area contributed by atoms with Crippen molar-refractivity contribution in [2.24, 2.45) is 5.73 Å². The van der Waals surface area contributed by atoms with Gasteiger partial charge in [0.1, 0.15) is 0 Å². The van der Waals surface area contributed by atoms with E-state index in [0.29, 0.717) is 12.6 Å². The average molecular weight is 404 g/mol. The Hall–Kier alpha value is -1.20. The van der Waals surface area contributed by atoms with Gasteiger partial charge in [0.15, 0.2) is 0 Å². The van der Waals surface area contributed by atoms with Gasteiger partial charge in [0.05, 0.1) is 0 Å². The maximum atomic E-state index is 6.21. The first-order valence-corrected chi connectivity index (χ1v) is 11.3. The molecule has 0 bridgehead atoms. The van der Waals surface area contributed by atoms with Crippen LogP contribution in [0.3, 0.4) is 0 Å². The second-order valence-corrected chi connectivity index (χ2v) is 8.53. The van der Waals surface area contributed by atoms with Crippen LogP contribution in [-0.2, 0) is 11.8 Å². The molecule has 3 rings (SSSR count). The SMILES string of the molecule is CSNc1cccc(CCNC2CCC(CN)(c3cccc(Cl)c3)CC2)c1. The molecule has 0 radical (unpaired) electrons. The molecule has 27 heavy (non-hydrogen) atoms. The van der Waals surface area contributed by atoms with Gasteiger partial charge in [0.2, 0.25) is 0 Å². The number of nitrogens with two attached hydrogens (primary N) is 1. The van der Waals surface area contributed by atoms with Gasteiger partial charge in [-0.15, -0.1) is 0 Å². The molecular weight excluding hydrogens is 374 g/mol. The van der Waals surface area contributed by atoms with Crippen molar-refractivity contribution < 1.29 is 0 Å². The summed E-state index contributed by atoms with van der Waals surface area (Å²) in [6.45, 7) is 1.70. The fourth-order valence-corrected chi connectivity index (χ4v) is 4.69. The molecule has 0 atom stereocenters. The minimum atomic E-state index is 0.0842. The average Bonchev–Trinajstić information content (AvgIpc) is 2.69. The minimum absolute atomic E-state index is 0.0842. The van der Waals surface area contributed by atoms with E-state index >= 15 is 0 Å². The van der Waals surface area contributed by atoms with Gasteiger partial charge in [-0.3, -0.25) is 0 Å². The van der Waals surface area contributed by atoms with Crippen LogP contribution < -0.4 is 15.8 Å². The third kappa shape index (κ3) is 5.41. The van der Waals surface area contributed by atoms with Crippen LogP contribution in [-0.4, -0.2) is 25.4 Å². The number of anilines is 1. The highest BCUT2D eigenvalue weighted by atomic mass is 35.5. The molecule has 0 unspecified atom stereocenters. The van der Waals surface area contributed by atoms with Gasteiger partial charge in [-0.1, -0.05) is 47.8 Å². The molecule has 1 aliphatic rings. The first-order valence-electron chi connectivity index (χ1n) is 9.73. The summed E-state index contributed by atoms with van der Waals surface area (Å²) in [6, 6.07) is 17.5. The fraction of sp³-hybridized carbons (Fsp3) is 0.455. The minimum Gasteiger partial charge on any atom is -0.330 e. The fourth-order valence-electron chi connectivity index (χ4n) is 4.13. The van der Waals surface area contributed by atoms with Crippen molar-refractivity contribution >= 4 is 29.2 Å². The second kappa shape index (κ2) is 9.83. The molecular formula is C22H30ClN3S. The third-order valence-corrected chi connectivity index (χ3v) is 6.44. The third-order valence-electron chi connectivity index (χ3n) is 5.76. The molecule has 0 aliphatic heterocycles. The quantitative estimate of drug-likeness (QED) is 0.543. The standard InChI is InChI=1S/C22H30ClN3S/c1-27-26-21-7-2-4-17(14-21)10-13-25-20-8-11-22(16-24,12-9-20)18-5-3-6-19(23)15-18/h2-7,14-15,20,25-26H,8-13,16,24H2,1H3. The topological polar surface area (TPSA) is 50.1 Å². The molecule has 1 aliphatic carbocycles. The van der Waals surface area contributed by atoms with Crippen molar-refractivity contribution in [1.29, 1.82) is 0 Å². The summed E-state index contributed by atoms with van der Waals surface area (Å²) in [7, 11) is 0. The predicted molar refractivity (Wildman–Crippen MR) is 120 cm³/mol. The molecule has 1 fully saturated rings. The van der Waals surface area contributed by atoms with E-state index in [2.05, 4.69) is 46.4 Å². The van der Waals surface area contributed by atoms with Gasteiger partial charge >= 0.3 is 0 Å². The zero-order chi connectivity index (χ0) is 19.1. The highest BCUT2D eigenvalue weighted by Crippen LogP contribution is 2.39. The molecule has 0 amide bonds. The molecule has 2 aromatic carbocycles. The van der Waals surface area contributed by atoms with E-state index in [1.165, 1.54) is 16.8 Å². The maximum absolute atomic E-state index is 6.21. The van der Waals surface area contributed by atoms with Crippen molar-refractivity contribution in [3.05, 3.63) is 64.7 Å². The van der Waals surface area contributed by atoms with Crippen LogP contribution in [0.25, 0.3) is 0 Å². The first kappa shape index (κ1) is 20.5. The maximum Gasteiger partial charge on any atom is 0.0442 e. The molecule has 0 spiro atoms. The van der Waals surface area contributed by atoms with E-state index in [9.17, 15) is 0 Å². The van der Waals surface area contributed by atoms with Crippen LogP contribution in [0.4, 0.5) is 5.69 Å². The lowest BCUT2D eigenvalue weighted by Crippen LogP contribution is -2.44. The van der Waals surface area contributed by atoms with Crippen LogP contribution in [0, 0.1) is 0 Å². The Morgan fingerprint density at radius 3 is 2.63 bits per heavy atom. The second-order valence-electron chi connectivity index (χ2n) is 7.48. The first-order chi connectivity index (χ1) is 13.1. The van der Waals surface area contributed by atoms with Gasteiger partial charge in [-0.25, -0.2) is 0 Å². The Morgan fingerprint density at radius 2 is 1.93 bits per heavy atom. The lowest BCUT2D eigenvalue weighted by Gasteiger charge is -2.40. The van der Waals surface area contributed by atoms with Gasteiger partial charge in [0.25, 0.3) is 0 Å². The van der Waals surface area contributed by atoms with Gasteiger partial charge in [-0.05, 0) is 74.0 Å². The smallest absolute Gasteiger partial charge is 0.0442 e. The predicted octanol–water partition coefficient (Wildman–Crippen LogP) is 5.00. The molecule has 5 heteroatoms. The molecule has 2 aromatic rings. The van der Waals surface area contributed by atoms with Crippen LogP contribution in [0.5, 0.6) is 0 Å². The molecule has 1 saturated carbocycles. The van der Waals surface area contributed by atoms with Gasteiger partial charge in [0, 0.05) is 35.0 Å². The van der Waals surface area contributed by atoms with Crippen molar-refractivity contribution in [2.45, 2.75) is 43.6 Å². The van der Waals surface area contributed by atoms with Crippen LogP contribution in [0.15, 0.2) is 48.5 Å². The number of hydrogen-bond acceptors (Lipinski definition) is 4. The molecule has 0 aromatic heterocycles. The summed E-state index contributed by atoms with van der Waals surface area (Å²) in [5, 5.41) is 4.56. The highest BCUT2D eigenvalue weighted by molar-refractivity contribution is 7.99. The number of nitrogens with one attached hydrogen (secondary N) is 2. The van der Waals surface area contributed by atoms with Gasteiger partial charge < -0.3 is 15.8 Å². The van der Waals surface area contributed by atoms with Crippen molar-refractivity contribution in [2.75, 3.05) is 24.1 Å². The van der Waals surface area contributed by atoms with E-state index in [1.807, 2.05) is 18.4 Å². The Labute approximate surface area is 172 Å². The normalized spacial score (nSPS) is 22.6. The van der Waals surface area contributed by atoms with Gasteiger partial charge in [-0.2, -0.15) is 0 Å². The van der Waals surface area contributed by atoms with E-state index in [-0.39, 0.29) is 5.41 Å². The summed E-state index contributed by atoms with van der Waals surface area (Å²) < 4.78 is 3.30. The Balaban J connectivity index is 1.50. The van der Waals surface area contributed by atoms with E-state index in [4.69, 9.17) is 17.3 Å². The summed E-state index contributed by atoms with van der Waals surface area (Å²) in [5.41, 5.74) is 10.1. The number of hydrogen-bond donors (Lipinski definition) is 3. The molecule has 0 saturated heterocycles. The van der Waals surface area contributed by atoms with Crippen LogP contribution >= 0.6 is 23.5 Å². The Kier molecular flexibility index (Phi) is 7.48. The summed E-state index contributed by atoms with van der Waals surface area (Å²) >= 11 is 7.84. The summed E-state index contributed by atoms with van der Waals surface area (Å²) in [6.07, 6.45) is 7.66. The number of benzene rings is 2. The van der Waals surface area contributed by atoms with E-state index in [1.54, 1.807) is 11.9 Å². The largest absolute Gasteiger partial charge is 0.330 e. The zero-order valence-corrected chi connectivity index (χ0v) is 17.6. The van der Waals surface area contributed by atoms with E-state index < -0.39 is 0 Å². The zero-order valence-electron chi connectivity index (χ0n) is 16.0. The Morgan fingerprint density at radius 1 is 1.15 bits per heavy atom. The molecule has 0 heterocycles. The van der Waals surface area contributed by atoms with Crippen molar-refractivity contribution in [1.82, 2.24) is 5.32 Å². The lowest BCUT2D eigenvalue weighted by molar-refractivity contribution is 0.252. The van der Waals surface area contributed by atoms with Crippen molar-refractivity contribution in [3.63, 3.8) is 0 Å². The Bertz CT molecular complexity index is 729. The van der Waals surface area contributed by atoms with E-state index in [0.717, 1.165) is 43.7 Å². The summed E-state index contributed by atoms with van der Waals surface area (Å²) in [5.74, 6) is 0. The monoisotopic (exact) mass is 403 g/mol. The van der Waals surface area contributed by atoms with Crippen LogP contribution in [0.1, 0.15) is 36.8 Å². The number of halogens is 1. The number of rotatable bonds is 8. The summed E-state index contributed by atoms with van der Waals surface area (Å²) in [4.78, 5) is 0. The molecule has 4 N–H and O–H groups in total. The molecule has 3 nitrogen and oxygen atoms in total. The van der Waals surface area contributed by atoms with Crippen molar-refractivity contribution in [3.8, 4) is 0 Å². The molecule has 146 valence electrons.